The average Bonchev–Trinajstić information content (AvgIpc) is 2.67. The van der Waals surface area contributed by atoms with Crippen molar-refractivity contribution in [3.8, 4) is 5.75 Å². The second-order valence-electron chi connectivity index (χ2n) is 6.96. The molecule has 7 nitrogen and oxygen atoms in total. The molecule has 1 aliphatic heterocycles. The molecule has 3 amide bonds. The second-order valence-corrected chi connectivity index (χ2v) is 6.96. The zero-order valence-electron chi connectivity index (χ0n) is 15.3. The molecule has 0 spiro atoms. The number of amides is 3. The quantitative estimate of drug-likeness (QED) is 0.792. The van der Waals surface area contributed by atoms with Gasteiger partial charge in [0.15, 0.2) is 6.61 Å². The third-order valence-electron chi connectivity index (χ3n) is 4.91. The topological polar surface area (TPSA) is 93.7 Å². The first-order chi connectivity index (χ1) is 13.0. The van der Waals surface area contributed by atoms with Gasteiger partial charge in [-0.3, -0.25) is 10.1 Å². The van der Waals surface area contributed by atoms with Crippen LogP contribution in [0.1, 0.15) is 38.2 Å². The summed E-state index contributed by atoms with van der Waals surface area (Å²) in [6, 6.07) is 6.84. The molecular formula is C20H24N2O5. The fourth-order valence-electron chi connectivity index (χ4n) is 3.36. The minimum absolute atomic E-state index is 0.0683. The van der Waals surface area contributed by atoms with Crippen molar-refractivity contribution < 1.29 is 23.9 Å². The van der Waals surface area contributed by atoms with Crippen LogP contribution < -0.4 is 15.4 Å². The highest BCUT2D eigenvalue weighted by Crippen LogP contribution is 2.26. The van der Waals surface area contributed by atoms with Crippen LogP contribution in [0.3, 0.4) is 0 Å². The van der Waals surface area contributed by atoms with Gasteiger partial charge in [0.05, 0.1) is 5.57 Å². The molecule has 2 aliphatic rings. The molecule has 1 aromatic carbocycles. The van der Waals surface area contributed by atoms with Crippen molar-refractivity contribution in [3.05, 3.63) is 35.4 Å². The van der Waals surface area contributed by atoms with Gasteiger partial charge in [-0.25, -0.2) is 9.59 Å². The summed E-state index contributed by atoms with van der Waals surface area (Å²) in [6.45, 7) is 1.65. The molecule has 3 rings (SSSR count). The fraction of sp³-hybridized carbons (Fsp3) is 0.450. The second kappa shape index (κ2) is 8.70. The van der Waals surface area contributed by atoms with Crippen molar-refractivity contribution in [2.75, 3.05) is 13.2 Å². The molecule has 1 aliphatic carbocycles. The molecule has 1 heterocycles. The maximum Gasteiger partial charge on any atom is 0.338 e. The van der Waals surface area contributed by atoms with Crippen LogP contribution in [0.25, 0.3) is 6.08 Å². The van der Waals surface area contributed by atoms with Gasteiger partial charge in [0.25, 0.3) is 5.91 Å². The van der Waals surface area contributed by atoms with E-state index in [2.05, 4.69) is 17.6 Å². The molecule has 7 heteroatoms. The summed E-state index contributed by atoms with van der Waals surface area (Å²) in [4.78, 5) is 35.9. The maximum absolute atomic E-state index is 12.1. The summed E-state index contributed by atoms with van der Waals surface area (Å²) in [6.07, 6.45) is 5.89. The number of rotatable bonds is 4. The van der Waals surface area contributed by atoms with E-state index >= 15 is 0 Å². The van der Waals surface area contributed by atoms with E-state index in [-0.39, 0.29) is 12.6 Å². The smallest absolute Gasteiger partial charge is 0.338 e. The Bertz CT molecular complexity index is 758. The Morgan fingerprint density at radius 3 is 2.78 bits per heavy atom. The number of nitrogens with one attached hydrogen (secondary N) is 2. The minimum Gasteiger partial charge on any atom is -0.488 e. The first-order valence-corrected chi connectivity index (χ1v) is 9.23. The van der Waals surface area contributed by atoms with E-state index in [1.54, 1.807) is 6.08 Å². The van der Waals surface area contributed by atoms with Gasteiger partial charge in [-0.1, -0.05) is 38.0 Å². The van der Waals surface area contributed by atoms with Gasteiger partial charge in [-0.05, 0) is 30.9 Å². The lowest BCUT2D eigenvalue weighted by molar-refractivity contribution is -0.144. The number of hydrogen-bond donors (Lipinski definition) is 2. The number of carbonyl (C=O) groups excluding carboxylic acids is 3. The van der Waals surface area contributed by atoms with Gasteiger partial charge in [0.2, 0.25) is 0 Å². The SMILES string of the molecule is C[C@@H]1CCCC[C@@H]1NC(=O)NC(=O)COC(=O)C1=Cc2ccccc2OC1. The highest BCUT2D eigenvalue weighted by molar-refractivity contribution is 5.98. The number of ether oxygens (including phenoxy) is 2. The van der Waals surface area contributed by atoms with Crippen LogP contribution in [0.4, 0.5) is 4.79 Å². The lowest BCUT2D eigenvalue weighted by Gasteiger charge is -2.29. The van der Waals surface area contributed by atoms with Crippen molar-refractivity contribution in [2.45, 2.75) is 38.6 Å². The summed E-state index contributed by atoms with van der Waals surface area (Å²) in [5.74, 6) is -0.220. The van der Waals surface area contributed by atoms with Crippen LogP contribution in [0.15, 0.2) is 29.8 Å². The number of esters is 1. The molecule has 2 atom stereocenters. The molecule has 0 bridgehead atoms. The minimum atomic E-state index is -0.665. The van der Waals surface area contributed by atoms with Crippen molar-refractivity contribution in [3.63, 3.8) is 0 Å². The molecule has 0 saturated heterocycles. The van der Waals surface area contributed by atoms with E-state index < -0.39 is 24.5 Å². The zero-order chi connectivity index (χ0) is 19.2. The monoisotopic (exact) mass is 372 g/mol. The molecule has 0 unspecified atom stereocenters. The van der Waals surface area contributed by atoms with Crippen LogP contribution in [0.5, 0.6) is 5.75 Å². The molecule has 1 saturated carbocycles. The fourth-order valence-corrected chi connectivity index (χ4v) is 3.36. The summed E-state index contributed by atoms with van der Waals surface area (Å²) < 4.78 is 10.5. The number of imide groups is 1. The molecule has 1 aromatic rings. The first kappa shape index (κ1) is 18.9. The summed E-state index contributed by atoms with van der Waals surface area (Å²) in [5.41, 5.74) is 1.10. The Hall–Kier alpha value is -2.83. The maximum atomic E-state index is 12.1. The van der Waals surface area contributed by atoms with E-state index in [0.717, 1.165) is 24.8 Å². The number of urea groups is 1. The van der Waals surface area contributed by atoms with Gasteiger partial charge in [0.1, 0.15) is 12.4 Å². The Labute approximate surface area is 158 Å². The van der Waals surface area contributed by atoms with Gasteiger partial charge in [-0.15, -0.1) is 0 Å². The van der Waals surface area contributed by atoms with Crippen LogP contribution >= 0.6 is 0 Å². The van der Waals surface area contributed by atoms with Crippen LogP contribution in [0.2, 0.25) is 0 Å². The third-order valence-corrected chi connectivity index (χ3v) is 4.91. The van der Waals surface area contributed by atoms with E-state index in [9.17, 15) is 14.4 Å². The van der Waals surface area contributed by atoms with Gasteiger partial charge in [-0.2, -0.15) is 0 Å². The highest BCUT2D eigenvalue weighted by Gasteiger charge is 2.24. The summed E-state index contributed by atoms with van der Waals surface area (Å²) >= 11 is 0. The molecule has 27 heavy (non-hydrogen) atoms. The lowest BCUT2D eigenvalue weighted by atomic mass is 9.86. The van der Waals surface area contributed by atoms with Crippen molar-refractivity contribution >= 4 is 24.0 Å². The van der Waals surface area contributed by atoms with Crippen LogP contribution in [0, 0.1) is 5.92 Å². The van der Waals surface area contributed by atoms with E-state index in [1.807, 2.05) is 24.3 Å². The zero-order valence-corrected chi connectivity index (χ0v) is 15.3. The predicted molar refractivity (Wildman–Crippen MR) is 99.0 cm³/mol. The summed E-state index contributed by atoms with van der Waals surface area (Å²) in [5, 5.41) is 5.02. The van der Waals surface area contributed by atoms with Crippen LogP contribution in [-0.2, 0) is 14.3 Å². The Morgan fingerprint density at radius 1 is 1.19 bits per heavy atom. The van der Waals surface area contributed by atoms with Gasteiger partial charge in [0, 0.05) is 11.6 Å². The van der Waals surface area contributed by atoms with E-state index in [0.29, 0.717) is 17.2 Å². The molecular weight excluding hydrogens is 348 g/mol. The largest absolute Gasteiger partial charge is 0.488 e. The van der Waals surface area contributed by atoms with Gasteiger partial charge < -0.3 is 14.8 Å². The van der Waals surface area contributed by atoms with Crippen LogP contribution in [-0.4, -0.2) is 37.2 Å². The Balaban J connectivity index is 1.44. The standard InChI is InChI=1S/C20H24N2O5/c1-13-6-2-4-8-16(13)21-20(25)22-18(23)12-27-19(24)15-10-14-7-3-5-9-17(14)26-11-15/h3,5,7,9-10,13,16H,2,4,6,8,11-12H2,1H3,(H2,21,22,23,25)/t13-,16+/m1/s1. The van der Waals surface area contributed by atoms with Crippen molar-refractivity contribution in [1.29, 1.82) is 0 Å². The molecule has 1 fully saturated rings. The molecule has 144 valence electrons. The predicted octanol–water partition coefficient (Wildman–Crippen LogP) is 2.41. The molecule has 2 N–H and O–H groups in total. The Kier molecular flexibility index (Phi) is 6.11. The third kappa shape index (κ3) is 5.09. The first-order valence-electron chi connectivity index (χ1n) is 9.23. The number of hydrogen-bond acceptors (Lipinski definition) is 5. The highest BCUT2D eigenvalue weighted by atomic mass is 16.5. The lowest BCUT2D eigenvalue weighted by Crippen LogP contribution is -2.48. The van der Waals surface area contributed by atoms with E-state index in [4.69, 9.17) is 9.47 Å². The number of para-hydroxylation sites is 1. The average molecular weight is 372 g/mol. The number of fused-ring (bicyclic) bond motifs is 1. The number of benzene rings is 1. The van der Waals surface area contributed by atoms with E-state index in [1.165, 1.54) is 6.42 Å². The van der Waals surface area contributed by atoms with Gasteiger partial charge >= 0.3 is 12.0 Å². The Morgan fingerprint density at radius 2 is 1.96 bits per heavy atom. The summed E-state index contributed by atoms with van der Waals surface area (Å²) in [7, 11) is 0. The number of carbonyl (C=O) groups is 3. The van der Waals surface area contributed by atoms with Crippen molar-refractivity contribution in [2.24, 2.45) is 5.92 Å². The van der Waals surface area contributed by atoms with Crippen molar-refractivity contribution in [1.82, 2.24) is 10.6 Å². The molecule has 0 aromatic heterocycles. The normalized spacial score (nSPS) is 21.1. The molecule has 0 radical (unpaired) electrons.